The number of aromatic hydroxyl groups is 1. The summed E-state index contributed by atoms with van der Waals surface area (Å²) < 4.78 is 0. The molecule has 37 heavy (non-hydrogen) atoms. The number of rotatable bonds is 16. The highest BCUT2D eigenvalue weighted by molar-refractivity contribution is 5.94. The van der Waals surface area contributed by atoms with Crippen LogP contribution in [0.15, 0.2) is 24.3 Å². The first kappa shape index (κ1) is 31.8. The van der Waals surface area contributed by atoms with Crippen LogP contribution in [0.25, 0.3) is 0 Å². The number of carbonyl (C=O) groups excluding carboxylic acids is 3. The van der Waals surface area contributed by atoms with Crippen molar-refractivity contribution < 1.29 is 29.4 Å². The molecule has 208 valence electrons. The van der Waals surface area contributed by atoms with Gasteiger partial charge in [0.25, 0.3) is 0 Å². The number of hydrogen-bond acceptors (Lipinski definition) is 7. The van der Waals surface area contributed by atoms with Gasteiger partial charge < -0.3 is 37.6 Å². The summed E-state index contributed by atoms with van der Waals surface area (Å²) in [5, 5.41) is 27.0. The van der Waals surface area contributed by atoms with Gasteiger partial charge in [-0.05, 0) is 48.9 Å². The summed E-state index contributed by atoms with van der Waals surface area (Å²) >= 11 is 0. The van der Waals surface area contributed by atoms with Gasteiger partial charge in [-0.1, -0.05) is 52.7 Å². The topological polar surface area (TPSA) is 197 Å². The highest BCUT2D eigenvalue weighted by atomic mass is 16.4. The van der Waals surface area contributed by atoms with Crippen molar-refractivity contribution in [3.8, 4) is 5.75 Å². The molecule has 0 aromatic heterocycles. The average molecular weight is 522 g/mol. The standard InChI is InChI=1S/C26H43N5O6/c1-5-16(4)22(25(35)29-20(26(36)37)14-17-9-11-18(32)12-10-17)31-24(34)21(15(2)3)30-23(33)19(28)8-6-7-13-27/h9-12,15-16,19-22,32H,5-8,13-14,27-28H2,1-4H3,(H,29,35)(H,30,33)(H,31,34)(H,36,37). The van der Waals surface area contributed by atoms with Gasteiger partial charge >= 0.3 is 5.97 Å². The minimum atomic E-state index is -1.24. The molecular weight excluding hydrogens is 478 g/mol. The van der Waals surface area contributed by atoms with Gasteiger partial charge in [0, 0.05) is 6.42 Å². The Kier molecular flexibility index (Phi) is 13.6. The molecule has 0 fully saturated rings. The van der Waals surface area contributed by atoms with Crippen LogP contribution in [0.3, 0.4) is 0 Å². The molecule has 0 spiro atoms. The van der Waals surface area contributed by atoms with Crippen LogP contribution in [0.5, 0.6) is 5.75 Å². The van der Waals surface area contributed by atoms with E-state index in [1.807, 2.05) is 6.92 Å². The number of benzene rings is 1. The third kappa shape index (κ3) is 10.8. The maximum Gasteiger partial charge on any atom is 0.326 e. The van der Waals surface area contributed by atoms with Crippen LogP contribution in [0.4, 0.5) is 0 Å². The fourth-order valence-corrected chi connectivity index (χ4v) is 3.71. The molecule has 9 N–H and O–H groups in total. The summed E-state index contributed by atoms with van der Waals surface area (Å²) in [5.41, 5.74) is 12.1. The number of phenolic OH excluding ortho intramolecular Hbond substituents is 1. The smallest absolute Gasteiger partial charge is 0.326 e. The first-order valence-corrected chi connectivity index (χ1v) is 12.8. The van der Waals surface area contributed by atoms with Crippen LogP contribution in [0, 0.1) is 11.8 Å². The molecule has 0 aliphatic carbocycles. The summed E-state index contributed by atoms with van der Waals surface area (Å²) in [6.45, 7) is 7.66. The molecule has 0 heterocycles. The summed E-state index contributed by atoms with van der Waals surface area (Å²) in [7, 11) is 0. The van der Waals surface area contributed by atoms with Gasteiger partial charge in [0.1, 0.15) is 23.9 Å². The SMILES string of the molecule is CCC(C)C(NC(=O)C(NC(=O)C(N)CCCCN)C(C)C)C(=O)NC(Cc1ccc(O)cc1)C(=O)O. The molecule has 11 heteroatoms. The van der Waals surface area contributed by atoms with E-state index < -0.39 is 47.9 Å². The molecule has 0 saturated carbocycles. The van der Waals surface area contributed by atoms with Gasteiger partial charge in [0.15, 0.2) is 0 Å². The van der Waals surface area contributed by atoms with E-state index >= 15 is 0 Å². The van der Waals surface area contributed by atoms with Crippen LogP contribution in [0.2, 0.25) is 0 Å². The minimum Gasteiger partial charge on any atom is -0.508 e. The quantitative estimate of drug-likeness (QED) is 0.154. The zero-order valence-electron chi connectivity index (χ0n) is 22.2. The lowest BCUT2D eigenvalue weighted by Gasteiger charge is -2.29. The first-order chi connectivity index (χ1) is 17.4. The highest BCUT2D eigenvalue weighted by Crippen LogP contribution is 2.14. The number of nitrogens with one attached hydrogen (secondary N) is 3. The monoisotopic (exact) mass is 521 g/mol. The van der Waals surface area contributed by atoms with Gasteiger partial charge in [0.05, 0.1) is 6.04 Å². The molecule has 5 atom stereocenters. The van der Waals surface area contributed by atoms with Gasteiger partial charge in [-0.2, -0.15) is 0 Å². The van der Waals surface area contributed by atoms with Gasteiger partial charge in [-0.3, -0.25) is 14.4 Å². The Morgan fingerprint density at radius 3 is 1.97 bits per heavy atom. The second-order valence-corrected chi connectivity index (χ2v) is 9.76. The third-order valence-corrected chi connectivity index (χ3v) is 6.34. The molecule has 1 aromatic carbocycles. The van der Waals surface area contributed by atoms with Crippen molar-refractivity contribution >= 4 is 23.7 Å². The van der Waals surface area contributed by atoms with Gasteiger partial charge in [-0.25, -0.2) is 4.79 Å². The Morgan fingerprint density at radius 1 is 0.892 bits per heavy atom. The van der Waals surface area contributed by atoms with Crippen molar-refractivity contribution in [1.82, 2.24) is 16.0 Å². The van der Waals surface area contributed by atoms with Crippen molar-refractivity contribution in [1.29, 1.82) is 0 Å². The first-order valence-electron chi connectivity index (χ1n) is 12.8. The van der Waals surface area contributed by atoms with Crippen LogP contribution in [0.1, 0.15) is 58.9 Å². The van der Waals surface area contributed by atoms with Crippen molar-refractivity contribution in [2.45, 2.75) is 84.0 Å². The van der Waals surface area contributed by atoms with Crippen LogP contribution >= 0.6 is 0 Å². The van der Waals surface area contributed by atoms with Gasteiger partial charge in [0.2, 0.25) is 17.7 Å². The maximum absolute atomic E-state index is 13.2. The molecule has 1 aromatic rings. The molecule has 0 bridgehead atoms. The Bertz CT molecular complexity index is 892. The number of unbranched alkanes of at least 4 members (excludes halogenated alkanes) is 1. The summed E-state index contributed by atoms with van der Waals surface area (Å²) in [4.78, 5) is 50.8. The molecular formula is C26H43N5O6. The minimum absolute atomic E-state index is 0.00472. The van der Waals surface area contributed by atoms with Crippen molar-refractivity contribution in [2.75, 3.05) is 6.54 Å². The van der Waals surface area contributed by atoms with E-state index in [-0.39, 0.29) is 24.0 Å². The van der Waals surface area contributed by atoms with Crippen molar-refractivity contribution in [3.63, 3.8) is 0 Å². The Balaban J connectivity index is 2.96. The highest BCUT2D eigenvalue weighted by Gasteiger charge is 2.33. The second kappa shape index (κ2) is 15.8. The molecule has 0 radical (unpaired) electrons. The molecule has 0 aliphatic heterocycles. The predicted molar refractivity (Wildman–Crippen MR) is 140 cm³/mol. The van der Waals surface area contributed by atoms with Gasteiger partial charge in [-0.15, -0.1) is 0 Å². The van der Waals surface area contributed by atoms with E-state index in [9.17, 15) is 29.4 Å². The number of carboxylic acids is 1. The summed E-state index contributed by atoms with van der Waals surface area (Å²) in [5.74, 6) is -3.44. The maximum atomic E-state index is 13.2. The van der Waals surface area contributed by atoms with Crippen molar-refractivity contribution in [2.24, 2.45) is 23.3 Å². The zero-order chi connectivity index (χ0) is 28.1. The Hall–Kier alpha value is -3.18. The number of carbonyl (C=O) groups is 4. The van der Waals surface area contributed by atoms with Crippen molar-refractivity contribution in [3.05, 3.63) is 29.8 Å². The number of nitrogens with two attached hydrogens (primary N) is 2. The van der Waals surface area contributed by atoms with Crippen LogP contribution in [-0.2, 0) is 25.6 Å². The molecule has 1 rings (SSSR count). The average Bonchev–Trinajstić information content (AvgIpc) is 2.85. The number of amides is 3. The Labute approximate surface area is 218 Å². The summed E-state index contributed by atoms with van der Waals surface area (Å²) in [6, 6.07) is 2.03. The molecule has 0 saturated heterocycles. The molecule has 11 nitrogen and oxygen atoms in total. The van der Waals surface area contributed by atoms with Crippen LogP contribution in [-0.4, -0.2) is 64.6 Å². The number of carboxylic acid groups (broad SMARTS) is 1. The van der Waals surface area contributed by atoms with E-state index in [1.165, 1.54) is 12.1 Å². The number of aliphatic carboxylic acids is 1. The molecule has 5 unspecified atom stereocenters. The van der Waals surface area contributed by atoms with E-state index in [0.29, 0.717) is 31.4 Å². The second-order valence-electron chi connectivity index (χ2n) is 9.76. The largest absolute Gasteiger partial charge is 0.508 e. The van der Waals surface area contributed by atoms with E-state index in [2.05, 4.69) is 16.0 Å². The van der Waals surface area contributed by atoms with E-state index in [0.717, 1.165) is 6.42 Å². The molecule has 3 amide bonds. The fourth-order valence-electron chi connectivity index (χ4n) is 3.71. The molecule has 0 aliphatic rings. The van der Waals surface area contributed by atoms with E-state index in [4.69, 9.17) is 11.5 Å². The third-order valence-electron chi connectivity index (χ3n) is 6.34. The number of hydrogen-bond donors (Lipinski definition) is 7. The predicted octanol–water partition coefficient (Wildman–Crippen LogP) is 0.632. The summed E-state index contributed by atoms with van der Waals surface area (Å²) in [6.07, 6.45) is 2.40. The fraction of sp³-hybridized carbons (Fsp3) is 0.615. The number of phenols is 1. The lowest BCUT2D eigenvalue weighted by molar-refractivity contribution is -0.142. The lowest BCUT2D eigenvalue weighted by Crippen LogP contribution is -2.60. The zero-order valence-corrected chi connectivity index (χ0v) is 22.2. The van der Waals surface area contributed by atoms with E-state index in [1.54, 1.807) is 32.9 Å². The normalized spacial score (nSPS) is 15.2. The van der Waals surface area contributed by atoms with Crippen LogP contribution < -0.4 is 27.4 Å². The Morgan fingerprint density at radius 2 is 1.46 bits per heavy atom. The lowest BCUT2D eigenvalue weighted by atomic mass is 9.95.